The second-order valence-electron chi connectivity index (χ2n) is 7.27. The molecule has 0 N–H and O–H groups in total. The Morgan fingerprint density at radius 2 is 1.82 bits per heavy atom. The lowest BCUT2D eigenvalue weighted by atomic mass is 9.72. The number of carbonyl (C=O) groups is 1. The van der Waals surface area contributed by atoms with Gasteiger partial charge in [-0.3, -0.25) is 4.79 Å². The molecule has 22 heavy (non-hydrogen) atoms. The molecule has 0 bridgehead atoms. The molecule has 1 aromatic heterocycles. The van der Waals surface area contributed by atoms with Crippen molar-refractivity contribution in [3.63, 3.8) is 0 Å². The minimum atomic E-state index is 0.308. The fourth-order valence-electron chi connectivity index (χ4n) is 4.01. The average molecular weight is 304 g/mol. The first kappa shape index (κ1) is 15.5. The van der Waals surface area contributed by atoms with Gasteiger partial charge >= 0.3 is 0 Å². The molecule has 2 aliphatic rings. The normalized spacial score (nSPS) is 21.0. The Balaban J connectivity index is 1.69. The Morgan fingerprint density at radius 1 is 1.14 bits per heavy atom. The number of aromatic nitrogens is 3. The van der Waals surface area contributed by atoms with E-state index in [4.69, 9.17) is 0 Å². The Kier molecular flexibility index (Phi) is 4.24. The molecule has 1 aromatic rings. The first-order valence-electron chi connectivity index (χ1n) is 8.74. The van der Waals surface area contributed by atoms with Crippen LogP contribution in [-0.2, 0) is 17.8 Å². The van der Waals surface area contributed by atoms with Gasteiger partial charge in [-0.1, -0.05) is 20.8 Å². The van der Waals surface area contributed by atoms with Gasteiger partial charge in [-0.25, -0.2) is 0 Å². The highest BCUT2D eigenvalue weighted by molar-refractivity contribution is 5.75. The van der Waals surface area contributed by atoms with Gasteiger partial charge in [0.2, 0.25) is 5.91 Å². The third kappa shape index (κ3) is 2.77. The summed E-state index contributed by atoms with van der Waals surface area (Å²) < 4.78 is 2.35. The molecular weight excluding hydrogens is 276 g/mol. The van der Waals surface area contributed by atoms with E-state index in [1.807, 2.05) is 6.92 Å². The molecule has 5 nitrogen and oxygen atoms in total. The highest BCUT2D eigenvalue weighted by atomic mass is 16.2. The molecule has 1 saturated heterocycles. The number of rotatable bonds is 2. The highest BCUT2D eigenvalue weighted by Crippen LogP contribution is 2.42. The third-order valence-electron chi connectivity index (χ3n) is 5.60. The topological polar surface area (TPSA) is 51.0 Å². The lowest BCUT2D eigenvalue weighted by Crippen LogP contribution is -2.43. The van der Waals surface area contributed by atoms with Crippen molar-refractivity contribution in [2.75, 3.05) is 13.1 Å². The molecule has 0 radical (unpaired) electrons. The number of carbonyl (C=O) groups excluding carboxylic acids is 1. The number of aryl methyl sites for hydroxylation is 1. The van der Waals surface area contributed by atoms with Gasteiger partial charge < -0.3 is 9.47 Å². The second kappa shape index (κ2) is 6.01. The van der Waals surface area contributed by atoms with Crippen molar-refractivity contribution >= 4 is 5.91 Å². The molecule has 3 heterocycles. The Morgan fingerprint density at radius 3 is 2.45 bits per heavy atom. The lowest BCUT2D eigenvalue weighted by Gasteiger charge is -2.41. The summed E-state index contributed by atoms with van der Waals surface area (Å²) in [6.45, 7) is 9.24. The van der Waals surface area contributed by atoms with Gasteiger partial charge in [0.1, 0.15) is 11.6 Å². The molecule has 3 rings (SSSR count). The average Bonchev–Trinajstić information content (AvgIpc) is 2.87. The molecule has 1 amide bonds. The van der Waals surface area contributed by atoms with Crippen molar-refractivity contribution in [2.24, 2.45) is 5.41 Å². The molecule has 0 unspecified atom stereocenters. The number of amides is 1. The first-order chi connectivity index (χ1) is 10.5. The maximum absolute atomic E-state index is 11.9. The number of nitrogens with zero attached hydrogens (tertiary/aromatic N) is 4. The fourth-order valence-corrected chi connectivity index (χ4v) is 4.01. The zero-order valence-electron chi connectivity index (χ0n) is 14.1. The summed E-state index contributed by atoms with van der Waals surface area (Å²) in [7, 11) is 0. The molecule has 122 valence electrons. The molecule has 0 saturated carbocycles. The van der Waals surface area contributed by atoms with Crippen LogP contribution in [0.4, 0.5) is 0 Å². The summed E-state index contributed by atoms with van der Waals surface area (Å²) in [5.74, 6) is 3.03. The van der Waals surface area contributed by atoms with Crippen LogP contribution in [0.2, 0.25) is 0 Å². The van der Waals surface area contributed by atoms with Crippen LogP contribution >= 0.6 is 0 Å². The van der Waals surface area contributed by atoms with Gasteiger partial charge in [-0.15, -0.1) is 10.2 Å². The monoisotopic (exact) mass is 304 g/mol. The van der Waals surface area contributed by atoms with Crippen molar-refractivity contribution in [1.82, 2.24) is 19.7 Å². The first-order valence-corrected chi connectivity index (χ1v) is 8.74. The summed E-state index contributed by atoms with van der Waals surface area (Å²) in [6.07, 6.45) is 6.35. The van der Waals surface area contributed by atoms with Crippen molar-refractivity contribution < 1.29 is 4.79 Å². The van der Waals surface area contributed by atoms with Crippen LogP contribution in [0.5, 0.6) is 0 Å². The lowest BCUT2D eigenvalue weighted by molar-refractivity contribution is -0.133. The summed E-state index contributed by atoms with van der Waals surface area (Å²) in [6, 6.07) is 0. The van der Waals surface area contributed by atoms with Crippen LogP contribution in [0.1, 0.15) is 70.4 Å². The minimum Gasteiger partial charge on any atom is -0.343 e. The van der Waals surface area contributed by atoms with Crippen molar-refractivity contribution in [3.8, 4) is 0 Å². The van der Waals surface area contributed by atoms with E-state index in [0.29, 0.717) is 23.7 Å². The quantitative estimate of drug-likeness (QED) is 0.844. The van der Waals surface area contributed by atoms with Crippen LogP contribution < -0.4 is 0 Å². The highest BCUT2D eigenvalue weighted by Gasteiger charge is 2.37. The summed E-state index contributed by atoms with van der Waals surface area (Å²) in [5.41, 5.74) is 0.402. The zero-order valence-corrected chi connectivity index (χ0v) is 14.1. The van der Waals surface area contributed by atoms with Gasteiger partial charge in [0, 0.05) is 38.4 Å². The van der Waals surface area contributed by atoms with E-state index < -0.39 is 0 Å². The standard InChI is InChI=1S/C17H28N4O/c1-4-15(22)20-10-7-17(8-11-20)6-5-14-18-19-16(13(2)3)21(14)12-9-17/h13H,4-12H2,1-3H3. The summed E-state index contributed by atoms with van der Waals surface area (Å²) >= 11 is 0. The van der Waals surface area contributed by atoms with Crippen molar-refractivity contribution in [2.45, 2.75) is 71.8 Å². The zero-order chi connectivity index (χ0) is 15.7. The predicted octanol–water partition coefficient (Wildman–Crippen LogP) is 2.76. The van der Waals surface area contributed by atoms with E-state index in [9.17, 15) is 4.79 Å². The van der Waals surface area contributed by atoms with E-state index in [0.717, 1.165) is 50.5 Å². The SMILES string of the molecule is CCC(=O)N1CCC2(CCc3nnc(C(C)C)n3CC2)CC1. The van der Waals surface area contributed by atoms with Gasteiger partial charge in [-0.05, 0) is 31.1 Å². The van der Waals surface area contributed by atoms with E-state index in [-0.39, 0.29) is 0 Å². The number of hydrogen-bond acceptors (Lipinski definition) is 3. The van der Waals surface area contributed by atoms with Gasteiger partial charge in [0.25, 0.3) is 0 Å². The summed E-state index contributed by atoms with van der Waals surface area (Å²) in [4.78, 5) is 13.9. The second-order valence-corrected chi connectivity index (χ2v) is 7.27. The van der Waals surface area contributed by atoms with Gasteiger partial charge in [-0.2, -0.15) is 0 Å². The van der Waals surface area contributed by atoms with Gasteiger partial charge in [0.05, 0.1) is 0 Å². The van der Waals surface area contributed by atoms with Crippen LogP contribution in [0, 0.1) is 5.41 Å². The van der Waals surface area contributed by atoms with Gasteiger partial charge in [0.15, 0.2) is 0 Å². The van der Waals surface area contributed by atoms with Crippen LogP contribution in [0.3, 0.4) is 0 Å². The molecule has 2 aliphatic heterocycles. The predicted molar refractivity (Wildman–Crippen MR) is 85.6 cm³/mol. The Bertz CT molecular complexity index is 541. The van der Waals surface area contributed by atoms with Crippen molar-refractivity contribution in [1.29, 1.82) is 0 Å². The number of fused-ring (bicyclic) bond motifs is 1. The van der Waals surface area contributed by atoms with Crippen LogP contribution in [0.25, 0.3) is 0 Å². The van der Waals surface area contributed by atoms with Crippen molar-refractivity contribution in [3.05, 3.63) is 11.6 Å². The smallest absolute Gasteiger partial charge is 0.222 e. The maximum atomic E-state index is 11.9. The van der Waals surface area contributed by atoms with E-state index in [2.05, 4.69) is 33.5 Å². The van der Waals surface area contributed by atoms with Crippen LogP contribution in [0.15, 0.2) is 0 Å². The molecule has 0 atom stereocenters. The molecule has 1 spiro atoms. The van der Waals surface area contributed by atoms with E-state index in [1.165, 1.54) is 12.8 Å². The molecular formula is C17H28N4O. The minimum absolute atomic E-state index is 0.308. The number of likely N-dealkylation sites (tertiary alicyclic amines) is 1. The largest absolute Gasteiger partial charge is 0.343 e. The Hall–Kier alpha value is -1.39. The molecule has 0 aliphatic carbocycles. The molecule has 5 heteroatoms. The molecule has 0 aromatic carbocycles. The maximum Gasteiger partial charge on any atom is 0.222 e. The third-order valence-corrected chi connectivity index (χ3v) is 5.60. The fraction of sp³-hybridized carbons (Fsp3) is 0.824. The Labute approximate surface area is 133 Å². The number of piperidine rings is 1. The van der Waals surface area contributed by atoms with E-state index >= 15 is 0 Å². The summed E-state index contributed by atoms with van der Waals surface area (Å²) in [5, 5.41) is 8.80. The molecule has 1 fully saturated rings. The van der Waals surface area contributed by atoms with Crippen LogP contribution in [-0.4, -0.2) is 38.7 Å². The van der Waals surface area contributed by atoms with E-state index in [1.54, 1.807) is 0 Å². The number of hydrogen-bond donors (Lipinski definition) is 0.